The Morgan fingerprint density at radius 3 is 2.78 bits per heavy atom. The Morgan fingerprint density at radius 1 is 1.44 bits per heavy atom. The van der Waals surface area contributed by atoms with E-state index < -0.39 is 0 Å². The number of aromatic nitrogens is 1. The Morgan fingerprint density at radius 2 is 2.17 bits per heavy atom. The summed E-state index contributed by atoms with van der Waals surface area (Å²) in [6.07, 6.45) is 5.54. The van der Waals surface area contributed by atoms with Crippen LogP contribution in [0.4, 0.5) is 0 Å². The minimum atomic E-state index is -0.173. The number of aromatic amines is 1. The first kappa shape index (κ1) is 12.9. The summed E-state index contributed by atoms with van der Waals surface area (Å²) in [5.41, 5.74) is 0.357. The van der Waals surface area contributed by atoms with Crippen molar-refractivity contribution in [2.75, 3.05) is 0 Å². The summed E-state index contributed by atoms with van der Waals surface area (Å²) in [6, 6.07) is 1.56. The van der Waals surface area contributed by atoms with Gasteiger partial charge in [-0.25, -0.2) is 0 Å². The third-order valence-corrected chi connectivity index (χ3v) is 4.14. The van der Waals surface area contributed by atoms with Crippen LogP contribution in [-0.2, 0) is 0 Å². The molecule has 2 rings (SSSR count). The summed E-state index contributed by atoms with van der Waals surface area (Å²) in [5, 5.41) is 9.99. The maximum absolute atomic E-state index is 12.0. The molecule has 0 radical (unpaired) electrons. The highest BCUT2D eigenvalue weighted by atomic mass is 16.3. The summed E-state index contributed by atoms with van der Waals surface area (Å²) in [4.78, 5) is 14.6. The van der Waals surface area contributed by atoms with Crippen molar-refractivity contribution in [1.29, 1.82) is 0 Å². The molecule has 18 heavy (non-hydrogen) atoms. The molecule has 0 unspecified atom stereocenters. The predicted octanol–water partition coefficient (Wildman–Crippen LogP) is 3.03. The van der Waals surface area contributed by atoms with Crippen LogP contribution in [0.3, 0.4) is 0 Å². The molecule has 1 aliphatic carbocycles. The highest BCUT2D eigenvalue weighted by Gasteiger charge is 2.36. The topological polar surface area (TPSA) is 53.1 Å². The summed E-state index contributed by atoms with van der Waals surface area (Å²) < 4.78 is 0. The van der Waals surface area contributed by atoms with Gasteiger partial charge in [-0.15, -0.1) is 6.58 Å². The second kappa shape index (κ2) is 5.01. The van der Waals surface area contributed by atoms with Gasteiger partial charge in [-0.3, -0.25) is 4.79 Å². The van der Waals surface area contributed by atoms with Gasteiger partial charge in [0.25, 0.3) is 5.56 Å². The van der Waals surface area contributed by atoms with Crippen LogP contribution >= 0.6 is 0 Å². The number of hydrogen-bond acceptors (Lipinski definition) is 2. The quantitative estimate of drug-likeness (QED) is 0.789. The first-order valence-corrected chi connectivity index (χ1v) is 6.57. The molecule has 1 heterocycles. The summed E-state index contributed by atoms with van der Waals surface area (Å²) in [6.45, 7) is 8.28. The SMILES string of the molecule is C=C[C@H]1C[C@@H](C)C[C@@H](C)[C@@H]1c1c(O)cc[nH]c1=O. The standard InChI is InChI=1S/C15H21NO2/c1-4-11-8-9(2)7-10(3)13(11)14-12(17)5-6-16-15(14)18/h4-6,9-11,13H,1,7-8H2,2-3H3,(H2,16,17,18)/t9-,10+,11-,13-/m0/s1. The number of allylic oxidation sites excluding steroid dienone is 1. The van der Waals surface area contributed by atoms with Crippen LogP contribution in [0.1, 0.15) is 38.2 Å². The fourth-order valence-corrected chi connectivity index (χ4v) is 3.45. The second-order valence-electron chi connectivity index (χ2n) is 5.58. The molecule has 0 aliphatic heterocycles. The fraction of sp³-hybridized carbons (Fsp3) is 0.533. The lowest BCUT2D eigenvalue weighted by molar-refractivity contribution is 0.207. The van der Waals surface area contributed by atoms with Crippen LogP contribution < -0.4 is 5.56 Å². The van der Waals surface area contributed by atoms with Gasteiger partial charge in [0.15, 0.2) is 0 Å². The molecule has 3 heteroatoms. The van der Waals surface area contributed by atoms with E-state index in [9.17, 15) is 9.90 Å². The van der Waals surface area contributed by atoms with Crippen LogP contribution in [0.5, 0.6) is 5.75 Å². The van der Waals surface area contributed by atoms with E-state index in [4.69, 9.17) is 0 Å². The fourth-order valence-electron chi connectivity index (χ4n) is 3.45. The minimum Gasteiger partial charge on any atom is -0.507 e. The summed E-state index contributed by atoms with van der Waals surface area (Å²) in [5.74, 6) is 1.47. The summed E-state index contributed by atoms with van der Waals surface area (Å²) >= 11 is 0. The third kappa shape index (κ3) is 2.22. The molecule has 0 amide bonds. The lowest BCUT2D eigenvalue weighted by Crippen LogP contribution is -2.31. The molecule has 98 valence electrons. The zero-order chi connectivity index (χ0) is 13.3. The Kier molecular flexibility index (Phi) is 3.60. The van der Waals surface area contributed by atoms with Gasteiger partial charge in [-0.05, 0) is 36.7 Å². The molecule has 0 aromatic carbocycles. The van der Waals surface area contributed by atoms with E-state index in [2.05, 4.69) is 25.4 Å². The molecule has 2 N–H and O–H groups in total. The van der Waals surface area contributed by atoms with E-state index in [1.807, 2.05) is 6.08 Å². The minimum absolute atomic E-state index is 0.0728. The average molecular weight is 247 g/mol. The molecule has 4 atom stereocenters. The van der Waals surface area contributed by atoms with Crippen LogP contribution in [0.15, 0.2) is 29.7 Å². The maximum atomic E-state index is 12.0. The Labute approximate surface area is 108 Å². The molecular formula is C15H21NO2. The summed E-state index contributed by atoms with van der Waals surface area (Å²) in [7, 11) is 0. The van der Waals surface area contributed by atoms with E-state index in [1.54, 1.807) is 6.07 Å². The van der Waals surface area contributed by atoms with E-state index in [1.165, 1.54) is 6.20 Å². The number of pyridine rings is 1. The number of rotatable bonds is 2. The third-order valence-electron chi connectivity index (χ3n) is 4.14. The van der Waals surface area contributed by atoms with Gasteiger partial charge in [0, 0.05) is 12.1 Å². The van der Waals surface area contributed by atoms with Crippen molar-refractivity contribution in [2.45, 2.75) is 32.6 Å². The van der Waals surface area contributed by atoms with Gasteiger partial charge in [0.1, 0.15) is 5.75 Å². The van der Waals surface area contributed by atoms with Crippen molar-refractivity contribution in [3.8, 4) is 5.75 Å². The van der Waals surface area contributed by atoms with E-state index in [0.717, 1.165) is 12.8 Å². The maximum Gasteiger partial charge on any atom is 0.255 e. The van der Waals surface area contributed by atoms with Crippen LogP contribution in [0.25, 0.3) is 0 Å². The smallest absolute Gasteiger partial charge is 0.255 e. The Bertz CT molecular complexity index is 492. The zero-order valence-electron chi connectivity index (χ0n) is 11.0. The first-order valence-electron chi connectivity index (χ1n) is 6.57. The van der Waals surface area contributed by atoms with Crippen molar-refractivity contribution >= 4 is 0 Å². The van der Waals surface area contributed by atoms with Gasteiger partial charge in [-0.1, -0.05) is 19.9 Å². The van der Waals surface area contributed by atoms with Gasteiger partial charge in [0.2, 0.25) is 0 Å². The van der Waals surface area contributed by atoms with Crippen molar-refractivity contribution in [3.05, 3.63) is 40.8 Å². The lowest BCUT2D eigenvalue weighted by Gasteiger charge is -2.38. The largest absolute Gasteiger partial charge is 0.507 e. The molecule has 0 spiro atoms. The van der Waals surface area contributed by atoms with Crippen molar-refractivity contribution < 1.29 is 5.11 Å². The van der Waals surface area contributed by atoms with Gasteiger partial charge in [0.05, 0.1) is 5.56 Å². The monoisotopic (exact) mass is 247 g/mol. The van der Waals surface area contributed by atoms with E-state index in [0.29, 0.717) is 17.4 Å². The molecule has 1 saturated carbocycles. The van der Waals surface area contributed by atoms with Crippen LogP contribution in [-0.4, -0.2) is 10.1 Å². The van der Waals surface area contributed by atoms with Crippen molar-refractivity contribution in [3.63, 3.8) is 0 Å². The van der Waals surface area contributed by atoms with Crippen LogP contribution in [0, 0.1) is 17.8 Å². The van der Waals surface area contributed by atoms with Gasteiger partial charge < -0.3 is 10.1 Å². The molecule has 1 fully saturated rings. The number of nitrogens with one attached hydrogen (secondary N) is 1. The number of hydrogen-bond donors (Lipinski definition) is 2. The van der Waals surface area contributed by atoms with Crippen LogP contribution in [0.2, 0.25) is 0 Å². The average Bonchev–Trinajstić information content (AvgIpc) is 2.30. The lowest BCUT2D eigenvalue weighted by atomic mass is 9.66. The zero-order valence-corrected chi connectivity index (χ0v) is 11.0. The number of aromatic hydroxyl groups is 1. The molecule has 0 saturated heterocycles. The molecule has 3 nitrogen and oxygen atoms in total. The highest BCUT2D eigenvalue weighted by molar-refractivity contribution is 5.34. The van der Waals surface area contributed by atoms with E-state index >= 15 is 0 Å². The molecule has 0 bridgehead atoms. The van der Waals surface area contributed by atoms with Crippen molar-refractivity contribution in [1.82, 2.24) is 4.98 Å². The van der Waals surface area contributed by atoms with Crippen molar-refractivity contribution in [2.24, 2.45) is 17.8 Å². The Balaban J connectivity index is 2.47. The predicted molar refractivity (Wildman–Crippen MR) is 72.7 cm³/mol. The number of H-pyrrole nitrogens is 1. The second-order valence-corrected chi connectivity index (χ2v) is 5.58. The normalized spacial score (nSPS) is 32.1. The van der Waals surface area contributed by atoms with E-state index in [-0.39, 0.29) is 23.1 Å². The van der Waals surface area contributed by atoms with Gasteiger partial charge >= 0.3 is 0 Å². The highest BCUT2D eigenvalue weighted by Crippen LogP contribution is 2.45. The molecule has 1 aliphatic rings. The molecular weight excluding hydrogens is 226 g/mol. The Hall–Kier alpha value is -1.51. The first-order chi connectivity index (χ1) is 8.54. The molecule has 1 aromatic rings. The molecule has 1 aromatic heterocycles. The van der Waals surface area contributed by atoms with Gasteiger partial charge in [-0.2, -0.15) is 0 Å².